The molecule has 1 aromatic rings. The number of aromatic nitrogens is 2. The van der Waals surface area contributed by atoms with Crippen LogP contribution in [-0.2, 0) is 16.1 Å². The molecular weight excluding hydrogens is 330 g/mol. The molecule has 0 saturated carbocycles. The quantitative estimate of drug-likeness (QED) is 0.833. The third-order valence-electron chi connectivity index (χ3n) is 4.96. The van der Waals surface area contributed by atoms with Crippen molar-refractivity contribution in [2.24, 2.45) is 0 Å². The van der Waals surface area contributed by atoms with Crippen molar-refractivity contribution in [1.82, 2.24) is 19.6 Å². The van der Waals surface area contributed by atoms with Crippen molar-refractivity contribution in [1.29, 1.82) is 0 Å². The zero-order valence-corrected chi connectivity index (χ0v) is 14.5. The van der Waals surface area contributed by atoms with Crippen molar-refractivity contribution in [2.45, 2.75) is 57.5 Å². The smallest absolute Gasteiger partial charge is 0.251 e. The number of carbonyl (C=O) groups excluding carboxylic acids is 2. The zero-order chi connectivity index (χ0) is 18.0. The molecule has 2 amide bonds. The second kappa shape index (κ2) is 7.09. The number of hydrogen-bond acceptors (Lipinski definition) is 3. The fourth-order valence-electron chi connectivity index (χ4n) is 3.51. The number of fused-ring (bicyclic) bond motifs is 1. The predicted molar refractivity (Wildman–Crippen MR) is 87.0 cm³/mol. The Morgan fingerprint density at radius 3 is 2.64 bits per heavy atom. The molecule has 8 heteroatoms. The maximum absolute atomic E-state index is 13.3. The van der Waals surface area contributed by atoms with Gasteiger partial charge >= 0.3 is 0 Å². The van der Waals surface area contributed by atoms with Crippen molar-refractivity contribution in [3.05, 3.63) is 18.0 Å². The molecule has 1 saturated heterocycles. The van der Waals surface area contributed by atoms with Crippen molar-refractivity contribution in [2.75, 3.05) is 19.6 Å². The molecule has 3 rings (SSSR count). The van der Waals surface area contributed by atoms with Gasteiger partial charge in [-0.2, -0.15) is 5.10 Å². The van der Waals surface area contributed by atoms with E-state index in [1.54, 1.807) is 15.8 Å². The van der Waals surface area contributed by atoms with Crippen LogP contribution in [-0.4, -0.2) is 57.0 Å². The number of piperidine rings is 1. The summed E-state index contributed by atoms with van der Waals surface area (Å²) in [6.07, 6.45) is 2.55. The fourth-order valence-corrected chi connectivity index (χ4v) is 3.51. The highest BCUT2D eigenvalue weighted by Crippen LogP contribution is 2.29. The largest absolute Gasteiger partial charge is 0.342 e. The molecule has 0 radical (unpaired) electrons. The molecule has 2 aliphatic heterocycles. The van der Waals surface area contributed by atoms with Gasteiger partial charge in [0.1, 0.15) is 0 Å². The van der Waals surface area contributed by atoms with Gasteiger partial charge in [0.25, 0.3) is 5.92 Å². The van der Waals surface area contributed by atoms with Crippen LogP contribution in [0.1, 0.15) is 50.8 Å². The number of alkyl halides is 2. The molecule has 0 N–H and O–H groups in total. The summed E-state index contributed by atoms with van der Waals surface area (Å²) in [7, 11) is 0. The van der Waals surface area contributed by atoms with E-state index >= 15 is 0 Å². The summed E-state index contributed by atoms with van der Waals surface area (Å²) in [5.41, 5.74) is 0.902. The summed E-state index contributed by atoms with van der Waals surface area (Å²) in [6.45, 7) is 3.06. The van der Waals surface area contributed by atoms with Crippen LogP contribution < -0.4 is 0 Å². The Morgan fingerprint density at radius 2 is 1.96 bits per heavy atom. The molecule has 0 unspecified atom stereocenters. The first-order valence-corrected chi connectivity index (χ1v) is 8.85. The van der Waals surface area contributed by atoms with Crippen LogP contribution in [0.5, 0.6) is 0 Å². The number of rotatable bonds is 4. The van der Waals surface area contributed by atoms with E-state index in [1.807, 2.05) is 13.0 Å². The molecule has 6 nitrogen and oxygen atoms in total. The van der Waals surface area contributed by atoms with Gasteiger partial charge in [-0.15, -0.1) is 0 Å². The summed E-state index contributed by atoms with van der Waals surface area (Å²) < 4.78 is 28.3. The average molecular weight is 354 g/mol. The lowest BCUT2D eigenvalue weighted by molar-refractivity contribution is -0.140. The molecule has 1 fully saturated rings. The normalized spacial score (nSPS) is 22.6. The van der Waals surface area contributed by atoms with Gasteiger partial charge in [-0.1, -0.05) is 6.92 Å². The third-order valence-corrected chi connectivity index (χ3v) is 4.96. The summed E-state index contributed by atoms with van der Waals surface area (Å²) in [5, 5.41) is 4.29. The minimum absolute atomic E-state index is 0.0741. The van der Waals surface area contributed by atoms with Gasteiger partial charge in [0.15, 0.2) is 0 Å². The fraction of sp³-hybridized carbons (Fsp3) is 0.706. The van der Waals surface area contributed by atoms with Crippen LogP contribution in [0.2, 0.25) is 0 Å². The van der Waals surface area contributed by atoms with Crippen molar-refractivity contribution in [3.63, 3.8) is 0 Å². The maximum atomic E-state index is 13.3. The predicted octanol–water partition coefficient (Wildman–Crippen LogP) is 2.21. The summed E-state index contributed by atoms with van der Waals surface area (Å²) in [5.74, 6) is -2.74. The van der Waals surface area contributed by atoms with E-state index in [4.69, 9.17) is 0 Å². The standard InChI is InChI=1S/C17H24F2N4O2/c1-2-3-15(24)22-11-13-4-7-20-23(13)14(12-22)10-16(25)21-8-5-17(18,19)6-9-21/h4,7,14H,2-3,5-6,8-12H2,1H3/t14-/m0/s1. The Bertz CT molecular complexity index is 636. The lowest BCUT2D eigenvalue weighted by atomic mass is 10.0. The average Bonchev–Trinajstić information content (AvgIpc) is 3.03. The van der Waals surface area contributed by atoms with Crippen LogP contribution in [0.3, 0.4) is 0 Å². The first-order valence-electron chi connectivity index (χ1n) is 8.85. The number of carbonyl (C=O) groups is 2. The molecule has 25 heavy (non-hydrogen) atoms. The Morgan fingerprint density at radius 1 is 1.24 bits per heavy atom. The topological polar surface area (TPSA) is 58.4 Å². The first kappa shape index (κ1) is 17.8. The van der Waals surface area contributed by atoms with Crippen molar-refractivity contribution >= 4 is 11.8 Å². The van der Waals surface area contributed by atoms with Gasteiger partial charge in [0.05, 0.1) is 24.7 Å². The van der Waals surface area contributed by atoms with Crippen LogP contribution >= 0.6 is 0 Å². The summed E-state index contributed by atoms with van der Waals surface area (Å²) in [4.78, 5) is 28.1. The van der Waals surface area contributed by atoms with E-state index in [0.29, 0.717) is 19.5 Å². The highest BCUT2D eigenvalue weighted by Gasteiger charge is 2.37. The Balaban J connectivity index is 1.67. The molecule has 1 atom stereocenters. The molecule has 0 bridgehead atoms. The number of nitrogens with zero attached hydrogens (tertiary/aromatic N) is 4. The van der Waals surface area contributed by atoms with Gasteiger partial charge in [0, 0.05) is 45.1 Å². The number of hydrogen-bond donors (Lipinski definition) is 0. The maximum Gasteiger partial charge on any atom is 0.251 e. The number of likely N-dealkylation sites (tertiary alicyclic amines) is 1. The molecule has 1 aromatic heterocycles. The second-order valence-electron chi connectivity index (χ2n) is 6.89. The van der Waals surface area contributed by atoms with Crippen LogP contribution in [0.25, 0.3) is 0 Å². The van der Waals surface area contributed by atoms with E-state index < -0.39 is 5.92 Å². The lowest BCUT2D eigenvalue weighted by Crippen LogP contribution is -2.46. The van der Waals surface area contributed by atoms with E-state index in [9.17, 15) is 18.4 Å². The van der Waals surface area contributed by atoms with E-state index in [2.05, 4.69) is 5.10 Å². The Kier molecular flexibility index (Phi) is 5.06. The van der Waals surface area contributed by atoms with Crippen LogP contribution in [0.15, 0.2) is 12.3 Å². The molecule has 0 aliphatic carbocycles. The minimum atomic E-state index is -2.67. The molecule has 0 spiro atoms. The van der Waals surface area contributed by atoms with Gasteiger partial charge in [-0.05, 0) is 12.5 Å². The minimum Gasteiger partial charge on any atom is -0.342 e. The number of halogens is 2. The molecule has 2 aliphatic rings. The van der Waals surface area contributed by atoms with Gasteiger partial charge in [0.2, 0.25) is 11.8 Å². The van der Waals surface area contributed by atoms with Gasteiger partial charge < -0.3 is 9.80 Å². The highest BCUT2D eigenvalue weighted by molar-refractivity contribution is 5.78. The van der Waals surface area contributed by atoms with Gasteiger partial charge in [-0.3, -0.25) is 14.3 Å². The summed E-state index contributed by atoms with van der Waals surface area (Å²) >= 11 is 0. The first-order chi connectivity index (χ1) is 11.9. The molecular formula is C17H24F2N4O2. The SMILES string of the molecule is CCCC(=O)N1Cc2ccnn2[C@@H](CC(=O)N2CCC(F)(F)CC2)C1. The molecule has 3 heterocycles. The van der Waals surface area contributed by atoms with Crippen LogP contribution in [0.4, 0.5) is 8.78 Å². The zero-order valence-electron chi connectivity index (χ0n) is 14.5. The Hall–Kier alpha value is -1.99. The van der Waals surface area contributed by atoms with E-state index in [0.717, 1.165) is 12.1 Å². The third kappa shape index (κ3) is 3.99. The van der Waals surface area contributed by atoms with E-state index in [-0.39, 0.29) is 50.2 Å². The van der Waals surface area contributed by atoms with Crippen molar-refractivity contribution in [3.8, 4) is 0 Å². The molecule has 0 aromatic carbocycles. The highest BCUT2D eigenvalue weighted by atomic mass is 19.3. The monoisotopic (exact) mass is 354 g/mol. The second-order valence-corrected chi connectivity index (χ2v) is 6.89. The van der Waals surface area contributed by atoms with E-state index in [1.165, 1.54) is 4.90 Å². The van der Waals surface area contributed by atoms with Crippen molar-refractivity contribution < 1.29 is 18.4 Å². The number of amides is 2. The Labute approximate surface area is 145 Å². The van der Waals surface area contributed by atoms with Gasteiger partial charge in [-0.25, -0.2) is 8.78 Å². The van der Waals surface area contributed by atoms with Crippen LogP contribution in [0, 0.1) is 0 Å². The summed E-state index contributed by atoms with van der Waals surface area (Å²) in [6, 6.07) is 1.61. The molecule has 138 valence electrons. The lowest BCUT2D eigenvalue weighted by Gasteiger charge is -2.36.